The van der Waals surface area contributed by atoms with Crippen LogP contribution in [0, 0.1) is 0 Å². The molecule has 0 saturated heterocycles. The van der Waals surface area contributed by atoms with Crippen LogP contribution in [0.3, 0.4) is 0 Å². The molecule has 3 rings (SSSR count). The molecule has 0 saturated carbocycles. The number of hydrogen-bond acceptors (Lipinski definition) is 6. The Morgan fingerprint density at radius 1 is 1.18 bits per heavy atom. The van der Waals surface area contributed by atoms with Crippen LogP contribution in [0.2, 0.25) is 0 Å². The number of aryl methyl sites for hydroxylation is 1. The Bertz CT molecular complexity index is 1100. The summed E-state index contributed by atoms with van der Waals surface area (Å²) < 4.78 is 1.04. The van der Waals surface area contributed by atoms with Gasteiger partial charge in [0.05, 0.1) is 6.21 Å². The SMILES string of the molecule is O=C(NN=Cc1c(O)n(CCc2ccccc2)c(=O)[nH]c1=O)c1ccncc1. The van der Waals surface area contributed by atoms with Gasteiger partial charge in [-0.15, -0.1) is 0 Å². The Labute approximate surface area is 159 Å². The number of hydrazone groups is 1. The zero-order chi connectivity index (χ0) is 19.9. The molecule has 2 aromatic heterocycles. The zero-order valence-corrected chi connectivity index (χ0v) is 14.7. The molecule has 3 aromatic rings. The number of H-pyrrole nitrogens is 1. The van der Waals surface area contributed by atoms with Gasteiger partial charge >= 0.3 is 5.69 Å². The van der Waals surface area contributed by atoms with E-state index in [1.165, 1.54) is 24.5 Å². The molecule has 0 fully saturated rings. The molecule has 142 valence electrons. The average Bonchev–Trinajstić information content (AvgIpc) is 2.71. The smallest absolute Gasteiger partial charge is 0.331 e. The number of aromatic amines is 1. The minimum atomic E-state index is -0.805. The number of nitrogens with one attached hydrogen (secondary N) is 2. The molecule has 0 aliphatic rings. The molecule has 0 spiro atoms. The number of aromatic hydroxyl groups is 1. The molecule has 9 heteroatoms. The number of rotatable bonds is 6. The number of amides is 1. The number of aromatic nitrogens is 3. The van der Waals surface area contributed by atoms with E-state index in [2.05, 4.69) is 20.5 Å². The number of nitrogens with zero attached hydrogens (tertiary/aromatic N) is 3. The highest BCUT2D eigenvalue weighted by atomic mass is 16.3. The van der Waals surface area contributed by atoms with Crippen LogP contribution in [0.5, 0.6) is 5.88 Å². The van der Waals surface area contributed by atoms with Gasteiger partial charge in [0.2, 0.25) is 5.88 Å². The van der Waals surface area contributed by atoms with Gasteiger partial charge in [-0.1, -0.05) is 30.3 Å². The van der Waals surface area contributed by atoms with Crippen LogP contribution >= 0.6 is 0 Å². The van der Waals surface area contributed by atoms with E-state index in [9.17, 15) is 19.5 Å². The van der Waals surface area contributed by atoms with Crippen molar-refractivity contribution in [1.29, 1.82) is 0 Å². The second kappa shape index (κ2) is 8.58. The predicted octanol–water partition coefficient (Wildman–Crippen LogP) is 0.644. The summed E-state index contributed by atoms with van der Waals surface area (Å²) in [6.07, 6.45) is 4.39. The third-order valence-corrected chi connectivity index (χ3v) is 3.98. The van der Waals surface area contributed by atoms with Crippen molar-refractivity contribution < 1.29 is 9.90 Å². The minimum Gasteiger partial charge on any atom is -0.494 e. The summed E-state index contributed by atoms with van der Waals surface area (Å²) in [6, 6.07) is 12.4. The van der Waals surface area contributed by atoms with Crippen LogP contribution in [-0.4, -0.2) is 31.8 Å². The van der Waals surface area contributed by atoms with Crippen LogP contribution < -0.4 is 16.7 Å². The summed E-state index contributed by atoms with van der Waals surface area (Å²) in [6.45, 7) is 0.162. The lowest BCUT2D eigenvalue weighted by Gasteiger charge is -2.09. The summed E-state index contributed by atoms with van der Waals surface area (Å²) in [5.74, 6) is -1.03. The summed E-state index contributed by atoms with van der Waals surface area (Å²) >= 11 is 0. The van der Waals surface area contributed by atoms with Crippen molar-refractivity contribution >= 4 is 12.1 Å². The number of benzene rings is 1. The highest BCUT2D eigenvalue weighted by Gasteiger charge is 2.13. The lowest BCUT2D eigenvalue weighted by Crippen LogP contribution is -2.33. The standard InChI is InChI=1S/C19H17N5O4/c25-16(14-6-9-20-10-7-14)23-21-12-15-17(26)22-19(28)24(18(15)27)11-8-13-4-2-1-3-5-13/h1-7,9-10,12,27H,8,11H2,(H,23,25)(H,22,26,28). The van der Waals surface area contributed by atoms with E-state index < -0.39 is 23.0 Å². The molecule has 0 unspecified atom stereocenters. The topological polar surface area (TPSA) is 129 Å². The molecular formula is C19H17N5O4. The molecule has 9 nitrogen and oxygen atoms in total. The Kier molecular flexibility index (Phi) is 5.75. The molecule has 1 amide bonds. The van der Waals surface area contributed by atoms with Gasteiger partial charge in [-0.3, -0.25) is 24.1 Å². The molecule has 0 aliphatic carbocycles. The van der Waals surface area contributed by atoms with Gasteiger partial charge in [-0.2, -0.15) is 5.10 Å². The first-order valence-electron chi connectivity index (χ1n) is 8.39. The van der Waals surface area contributed by atoms with Gasteiger partial charge in [0.25, 0.3) is 11.5 Å². The number of carbonyl (C=O) groups is 1. The Hall–Kier alpha value is -4.01. The van der Waals surface area contributed by atoms with Crippen molar-refractivity contribution in [2.24, 2.45) is 5.10 Å². The quantitative estimate of drug-likeness (QED) is 0.428. The molecule has 2 heterocycles. The van der Waals surface area contributed by atoms with Gasteiger partial charge in [0.15, 0.2) is 0 Å². The molecule has 1 aromatic carbocycles. The van der Waals surface area contributed by atoms with Gasteiger partial charge in [-0.25, -0.2) is 10.2 Å². The predicted molar refractivity (Wildman–Crippen MR) is 102 cm³/mol. The second-order valence-electron chi connectivity index (χ2n) is 5.82. The molecule has 0 atom stereocenters. The van der Waals surface area contributed by atoms with Crippen molar-refractivity contribution in [1.82, 2.24) is 20.0 Å². The maximum atomic E-state index is 12.0. The van der Waals surface area contributed by atoms with Crippen molar-refractivity contribution in [3.63, 3.8) is 0 Å². The first kappa shape index (κ1) is 18.8. The average molecular weight is 379 g/mol. The Balaban J connectivity index is 1.78. The van der Waals surface area contributed by atoms with E-state index in [4.69, 9.17) is 0 Å². The number of pyridine rings is 1. The number of carbonyl (C=O) groups excluding carboxylic acids is 1. The minimum absolute atomic E-state index is 0.162. The van der Waals surface area contributed by atoms with Crippen molar-refractivity contribution in [2.45, 2.75) is 13.0 Å². The third-order valence-electron chi connectivity index (χ3n) is 3.98. The maximum Gasteiger partial charge on any atom is 0.331 e. The van der Waals surface area contributed by atoms with E-state index in [1.54, 1.807) is 0 Å². The monoisotopic (exact) mass is 379 g/mol. The highest BCUT2D eigenvalue weighted by Crippen LogP contribution is 2.09. The van der Waals surface area contributed by atoms with Gasteiger partial charge < -0.3 is 5.11 Å². The summed E-state index contributed by atoms with van der Waals surface area (Å²) in [7, 11) is 0. The molecular weight excluding hydrogens is 362 g/mol. The Morgan fingerprint density at radius 3 is 2.61 bits per heavy atom. The fourth-order valence-corrected chi connectivity index (χ4v) is 2.51. The first-order chi connectivity index (χ1) is 13.6. The molecule has 0 bridgehead atoms. The maximum absolute atomic E-state index is 12.0. The molecule has 28 heavy (non-hydrogen) atoms. The van der Waals surface area contributed by atoms with Crippen LogP contribution in [0.4, 0.5) is 0 Å². The summed E-state index contributed by atoms with van der Waals surface area (Å²) in [5, 5.41) is 14.0. The van der Waals surface area contributed by atoms with Crippen LogP contribution in [0.25, 0.3) is 0 Å². The Morgan fingerprint density at radius 2 is 1.89 bits per heavy atom. The zero-order valence-electron chi connectivity index (χ0n) is 14.7. The second-order valence-corrected chi connectivity index (χ2v) is 5.82. The fraction of sp³-hybridized carbons (Fsp3) is 0.105. The lowest BCUT2D eigenvalue weighted by atomic mass is 10.1. The van der Waals surface area contributed by atoms with Gasteiger partial charge in [0.1, 0.15) is 5.56 Å². The lowest BCUT2D eigenvalue weighted by molar-refractivity contribution is 0.0955. The highest BCUT2D eigenvalue weighted by molar-refractivity contribution is 5.94. The molecule has 0 radical (unpaired) electrons. The molecule has 0 aliphatic heterocycles. The first-order valence-corrected chi connectivity index (χ1v) is 8.39. The van der Waals surface area contributed by atoms with E-state index in [0.717, 1.165) is 16.3 Å². The van der Waals surface area contributed by atoms with Crippen molar-refractivity contribution in [3.05, 3.63) is 92.4 Å². The molecule has 3 N–H and O–H groups in total. The van der Waals surface area contributed by atoms with E-state index in [1.807, 2.05) is 30.3 Å². The fourth-order valence-electron chi connectivity index (χ4n) is 2.51. The summed E-state index contributed by atoms with van der Waals surface area (Å²) in [5.41, 5.74) is 1.78. The van der Waals surface area contributed by atoms with Crippen molar-refractivity contribution in [3.8, 4) is 5.88 Å². The number of hydrogen-bond donors (Lipinski definition) is 3. The van der Waals surface area contributed by atoms with E-state index >= 15 is 0 Å². The normalized spacial score (nSPS) is 10.9. The van der Waals surface area contributed by atoms with E-state index in [0.29, 0.717) is 12.0 Å². The van der Waals surface area contributed by atoms with E-state index in [-0.39, 0.29) is 12.1 Å². The van der Waals surface area contributed by atoms with Gasteiger partial charge in [0, 0.05) is 24.5 Å². The van der Waals surface area contributed by atoms with Crippen molar-refractivity contribution in [2.75, 3.05) is 0 Å². The van der Waals surface area contributed by atoms with Crippen LogP contribution in [0.15, 0.2) is 69.5 Å². The summed E-state index contributed by atoms with van der Waals surface area (Å²) in [4.78, 5) is 41.9. The van der Waals surface area contributed by atoms with Crippen LogP contribution in [-0.2, 0) is 13.0 Å². The third kappa shape index (κ3) is 4.39. The van der Waals surface area contributed by atoms with Gasteiger partial charge in [-0.05, 0) is 24.1 Å². The largest absolute Gasteiger partial charge is 0.494 e. The van der Waals surface area contributed by atoms with Crippen LogP contribution in [0.1, 0.15) is 21.5 Å².